The van der Waals surface area contributed by atoms with Crippen LogP contribution >= 0.6 is 34.7 Å². The Labute approximate surface area is 149 Å². The van der Waals surface area contributed by atoms with Gasteiger partial charge in [-0.15, -0.1) is 23.1 Å². The summed E-state index contributed by atoms with van der Waals surface area (Å²) in [5, 5.41) is 4.43. The van der Waals surface area contributed by atoms with Crippen molar-refractivity contribution in [2.24, 2.45) is 5.92 Å². The van der Waals surface area contributed by atoms with Crippen LogP contribution in [-0.2, 0) is 17.6 Å². The molecule has 6 heteroatoms. The number of hydrogen-bond acceptors (Lipinski definition) is 4. The molecule has 122 valence electrons. The first-order valence-electron chi connectivity index (χ1n) is 7.77. The van der Waals surface area contributed by atoms with E-state index in [1.165, 1.54) is 17.0 Å². The summed E-state index contributed by atoms with van der Waals surface area (Å²) in [4.78, 5) is 19.1. The third-order valence-electron chi connectivity index (χ3n) is 3.84. The molecular weight excluding hydrogens is 348 g/mol. The Hall–Kier alpha value is -1.04. The average Bonchev–Trinajstić information content (AvgIpc) is 2.90. The zero-order valence-corrected chi connectivity index (χ0v) is 15.4. The molecule has 1 aromatic heterocycles. The first-order valence-corrected chi connectivity index (χ1v) is 9.95. The second-order valence-corrected chi connectivity index (χ2v) is 8.53. The molecular formula is C17H19ClN2OS2. The van der Waals surface area contributed by atoms with Crippen molar-refractivity contribution < 1.29 is 4.79 Å². The molecule has 3 rings (SSSR count). The van der Waals surface area contributed by atoms with Gasteiger partial charge in [-0.05, 0) is 49.4 Å². The fraction of sp³-hybridized carbons (Fsp3) is 0.412. The number of aryl methyl sites for hydroxylation is 1. The molecule has 3 nitrogen and oxygen atoms in total. The van der Waals surface area contributed by atoms with Gasteiger partial charge >= 0.3 is 0 Å². The Kier molecular flexibility index (Phi) is 5.62. The number of nitrogens with one attached hydrogen (secondary N) is 1. The fourth-order valence-electron chi connectivity index (χ4n) is 2.57. The van der Waals surface area contributed by atoms with Crippen molar-refractivity contribution in [3.05, 3.63) is 39.9 Å². The normalized spacial score (nSPS) is 16.9. The molecule has 0 saturated carbocycles. The van der Waals surface area contributed by atoms with Crippen LogP contribution in [0.15, 0.2) is 29.2 Å². The summed E-state index contributed by atoms with van der Waals surface area (Å²) in [5.41, 5.74) is 1.18. The third-order valence-corrected chi connectivity index (χ3v) is 6.15. The Morgan fingerprint density at radius 1 is 1.43 bits per heavy atom. The lowest BCUT2D eigenvalue weighted by Gasteiger charge is -2.15. The van der Waals surface area contributed by atoms with E-state index in [4.69, 9.17) is 11.6 Å². The molecule has 1 amide bonds. The summed E-state index contributed by atoms with van der Waals surface area (Å²) in [6.45, 7) is 2.27. The zero-order valence-electron chi connectivity index (χ0n) is 13.0. The summed E-state index contributed by atoms with van der Waals surface area (Å²) in [6.07, 6.45) is 3.81. The number of thioether (sulfide) groups is 1. The van der Waals surface area contributed by atoms with Gasteiger partial charge in [0, 0.05) is 27.0 Å². The van der Waals surface area contributed by atoms with E-state index in [1.807, 2.05) is 24.3 Å². The monoisotopic (exact) mass is 366 g/mol. The van der Waals surface area contributed by atoms with Gasteiger partial charge in [-0.2, -0.15) is 0 Å². The molecule has 1 aliphatic rings. The van der Waals surface area contributed by atoms with Gasteiger partial charge in [-0.1, -0.05) is 18.5 Å². The Morgan fingerprint density at radius 2 is 2.22 bits per heavy atom. The van der Waals surface area contributed by atoms with E-state index in [0.29, 0.717) is 6.42 Å². The zero-order chi connectivity index (χ0) is 16.2. The quantitative estimate of drug-likeness (QED) is 0.753. The van der Waals surface area contributed by atoms with Gasteiger partial charge in [0.1, 0.15) is 0 Å². The smallest absolute Gasteiger partial charge is 0.226 e. The summed E-state index contributed by atoms with van der Waals surface area (Å²) >= 11 is 9.15. The van der Waals surface area contributed by atoms with Crippen molar-refractivity contribution in [2.45, 2.75) is 37.5 Å². The summed E-state index contributed by atoms with van der Waals surface area (Å²) < 4.78 is 0. The second kappa shape index (κ2) is 7.69. The third kappa shape index (κ3) is 4.72. The number of carbonyl (C=O) groups excluding carboxylic acids is 1. The molecule has 0 spiro atoms. The molecule has 1 N–H and O–H groups in total. The molecule has 23 heavy (non-hydrogen) atoms. The van der Waals surface area contributed by atoms with Crippen molar-refractivity contribution in [3.63, 3.8) is 0 Å². The number of carbonyl (C=O) groups is 1. The fourth-order valence-corrected chi connectivity index (χ4v) is 4.73. The predicted molar refractivity (Wildman–Crippen MR) is 98.7 cm³/mol. The van der Waals surface area contributed by atoms with Crippen molar-refractivity contribution in [1.82, 2.24) is 4.98 Å². The number of hydrogen-bond donors (Lipinski definition) is 1. The summed E-state index contributed by atoms with van der Waals surface area (Å²) in [6, 6.07) is 7.68. The molecule has 1 aromatic carbocycles. The topological polar surface area (TPSA) is 42.0 Å². The number of fused-ring (bicyclic) bond motifs is 1. The van der Waals surface area contributed by atoms with E-state index in [2.05, 4.69) is 17.2 Å². The van der Waals surface area contributed by atoms with E-state index in [0.717, 1.165) is 39.6 Å². The van der Waals surface area contributed by atoms with Gasteiger partial charge in [-0.3, -0.25) is 4.79 Å². The van der Waals surface area contributed by atoms with Crippen LogP contribution in [0, 0.1) is 5.92 Å². The van der Waals surface area contributed by atoms with Crippen molar-refractivity contribution in [1.29, 1.82) is 0 Å². The van der Waals surface area contributed by atoms with E-state index in [1.54, 1.807) is 23.1 Å². The van der Waals surface area contributed by atoms with Crippen LogP contribution in [0.2, 0.25) is 5.02 Å². The standard InChI is InChI=1S/C17H19ClN2OS2/c1-11-2-7-14-15(10-11)23-17(19-14)20-16(21)8-9-22-13-5-3-12(18)4-6-13/h3-6,11H,2,7-10H2,1H3,(H,19,20,21)/t11-/m0/s1. The minimum atomic E-state index is 0.0330. The lowest BCUT2D eigenvalue weighted by atomic mass is 9.93. The number of anilines is 1. The maximum atomic E-state index is 12.1. The molecule has 0 aliphatic heterocycles. The van der Waals surface area contributed by atoms with Crippen molar-refractivity contribution in [2.75, 3.05) is 11.1 Å². The van der Waals surface area contributed by atoms with E-state index < -0.39 is 0 Å². The van der Waals surface area contributed by atoms with Gasteiger partial charge in [0.2, 0.25) is 5.91 Å². The van der Waals surface area contributed by atoms with Crippen LogP contribution in [0.4, 0.5) is 5.13 Å². The Bertz CT molecular complexity index is 684. The van der Waals surface area contributed by atoms with Crippen LogP contribution < -0.4 is 5.32 Å². The maximum absolute atomic E-state index is 12.1. The molecule has 0 fully saturated rings. The van der Waals surface area contributed by atoms with Gasteiger partial charge in [-0.25, -0.2) is 4.98 Å². The number of halogens is 1. The SMILES string of the molecule is C[C@H]1CCc2nc(NC(=O)CCSc3ccc(Cl)cc3)sc2C1. The number of amides is 1. The molecule has 1 heterocycles. The van der Waals surface area contributed by atoms with Crippen LogP contribution in [0.3, 0.4) is 0 Å². The Balaban J connectivity index is 1.47. The minimum absolute atomic E-state index is 0.0330. The molecule has 1 atom stereocenters. The summed E-state index contributed by atoms with van der Waals surface area (Å²) in [5.74, 6) is 1.50. The molecule has 1 aliphatic carbocycles. The van der Waals surface area contributed by atoms with Crippen LogP contribution in [0.25, 0.3) is 0 Å². The van der Waals surface area contributed by atoms with Crippen LogP contribution in [-0.4, -0.2) is 16.6 Å². The highest BCUT2D eigenvalue weighted by molar-refractivity contribution is 7.99. The van der Waals surface area contributed by atoms with Gasteiger partial charge < -0.3 is 5.32 Å². The molecule has 0 radical (unpaired) electrons. The predicted octanol–water partition coefficient (Wildman–Crippen LogP) is 5.04. The molecule has 0 saturated heterocycles. The van der Waals surface area contributed by atoms with Gasteiger partial charge in [0.15, 0.2) is 5.13 Å². The minimum Gasteiger partial charge on any atom is -0.302 e. The first-order chi connectivity index (χ1) is 11.1. The van der Waals surface area contributed by atoms with E-state index >= 15 is 0 Å². The number of rotatable bonds is 5. The molecule has 0 bridgehead atoms. The van der Waals surface area contributed by atoms with Crippen molar-refractivity contribution >= 4 is 45.7 Å². The second-order valence-electron chi connectivity index (χ2n) is 5.84. The lowest BCUT2D eigenvalue weighted by molar-refractivity contribution is -0.115. The number of aromatic nitrogens is 1. The highest BCUT2D eigenvalue weighted by atomic mass is 35.5. The van der Waals surface area contributed by atoms with Crippen LogP contribution in [0.5, 0.6) is 0 Å². The van der Waals surface area contributed by atoms with Crippen molar-refractivity contribution in [3.8, 4) is 0 Å². The highest BCUT2D eigenvalue weighted by Gasteiger charge is 2.20. The lowest BCUT2D eigenvalue weighted by Crippen LogP contribution is -2.12. The summed E-state index contributed by atoms with van der Waals surface area (Å²) in [7, 11) is 0. The average molecular weight is 367 g/mol. The largest absolute Gasteiger partial charge is 0.302 e. The number of thiazole rings is 1. The van der Waals surface area contributed by atoms with E-state index in [-0.39, 0.29) is 5.91 Å². The molecule has 2 aromatic rings. The maximum Gasteiger partial charge on any atom is 0.226 e. The Morgan fingerprint density at radius 3 is 3.00 bits per heavy atom. The number of nitrogens with zero attached hydrogens (tertiary/aromatic N) is 1. The van der Waals surface area contributed by atoms with Gasteiger partial charge in [0.05, 0.1) is 5.69 Å². The first kappa shape index (κ1) is 16.8. The number of benzene rings is 1. The van der Waals surface area contributed by atoms with E-state index in [9.17, 15) is 4.79 Å². The van der Waals surface area contributed by atoms with Crippen LogP contribution in [0.1, 0.15) is 30.3 Å². The highest BCUT2D eigenvalue weighted by Crippen LogP contribution is 2.32. The molecule has 0 unspecified atom stereocenters. The van der Waals surface area contributed by atoms with Gasteiger partial charge in [0.25, 0.3) is 0 Å².